The van der Waals surface area contributed by atoms with Crippen LogP contribution in [-0.2, 0) is 0 Å². The minimum absolute atomic E-state index is 0.544. The molecule has 12 heavy (non-hydrogen) atoms. The molecule has 2 heteroatoms. The molecule has 2 rings (SSSR count). The molecule has 2 aliphatic rings. The van der Waals surface area contributed by atoms with Crippen molar-refractivity contribution < 1.29 is 0 Å². The first-order chi connectivity index (χ1) is 5.85. The Balaban J connectivity index is 1.77. The Morgan fingerprint density at radius 3 is 2.33 bits per heavy atom. The number of hydrogen-bond donors (Lipinski definition) is 1. The molecule has 0 aliphatic heterocycles. The zero-order chi connectivity index (χ0) is 8.44. The van der Waals surface area contributed by atoms with Crippen LogP contribution in [0.5, 0.6) is 0 Å². The fourth-order valence-electron chi connectivity index (χ4n) is 2.05. The molecule has 0 heterocycles. The summed E-state index contributed by atoms with van der Waals surface area (Å²) in [5.41, 5.74) is 5.77. The van der Waals surface area contributed by atoms with Gasteiger partial charge in [-0.25, -0.2) is 0 Å². The predicted octanol–water partition coefficient (Wildman–Crippen LogP) is 2.54. The van der Waals surface area contributed by atoms with Crippen molar-refractivity contribution in [3.63, 3.8) is 0 Å². The second kappa shape index (κ2) is 3.59. The highest BCUT2D eigenvalue weighted by molar-refractivity contribution is 8.01. The summed E-state index contributed by atoms with van der Waals surface area (Å²) in [7, 11) is 0. The molecular formula is C10H19NS. The SMILES string of the molecule is NCC1(SC2CCCCC2)CC1. The van der Waals surface area contributed by atoms with Gasteiger partial charge in [0, 0.05) is 16.5 Å². The third-order valence-corrected chi connectivity index (χ3v) is 5.03. The van der Waals surface area contributed by atoms with Crippen molar-refractivity contribution in [1.29, 1.82) is 0 Å². The molecule has 1 nitrogen and oxygen atoms in total. The summed E-state index contributed by atoms with van der Waals surface area (Å²) in [6.45, 7) is 0.911. The Morgan fingerprint density at radius 1 is 1.17 bits per heavy atom. The summed E-state index contributed by atoms with van der Waals surface area (Å²) in [6, 6.07) is 0. The van der Waals surface area contributed by atoms with Crippen LogP contribution in [0.15, 0.2) is 0 Å². The monoisotopic (exact) mass is 185 g/mol. The van der Waals surface area contributed by atoms with Gasteiger partial charge in [0.05, 0.1) is 0 Å². The molecule has 2 N–H and O–H groups in total. The van der Waals surface area contributed by atoms with Gasteiger partial charge < -0.3 is 5.73 Å². The van der Waals surface area contributed by atoms with E-state index in [4.69, 9.17) is 5.73 Å². The predicted molar refractivity (Wildman–Crippen MR) is 55.5 cm³/mol. The van der Waals surface area contributed by atoms with E-state index in [0.717, 1.165) is 11.8 Å². The smallest absolute Gasteiger partial charge is 0.0286 e. The molecular weight excluding hydrogens is 166 g/mol. The Kier molecular flexibility index (Phi) is 2.66. The van der Waals surface area contributed by atoms with Gasteiger partial charge in [0.1, 0.15) is 0 Å². The van der Waals surface area contributed by atoms with Crippen LogP contribution in [0.2, 0.25) is 0 Å². The highest BCUT2D eigenvalue weighted by atomic mass is 32.2. The van der Waals surface area contributed by atoms with E-state index >= 15 is 0 Å². The van der Waals surface area contributed by atoms with Crippen molar-refractivity contribution in [1.82, 2.24) is 0 Å². The number of thioether (sulfide) groups is 1. The lowest BCUT2D eigenvalue weighted by Gasteiger charge is -2.25. The first-order valence-corrected chi connectivity index (χ1v) is 6.10. The van der Waals surface area contributed by atoms with Crippen LogP contribution in [0.1, 0.15) is 44.9 Å². The Labute approximate surface area is 79.5 Å². The molecule has 0 spiro atoms. The average molecular weight is 185 g/mol. The average Bonchev–Trinajstić information content (AvgIpc) is 2.88. The fraction of sp³-hybridized carbons (Fsp3) is 1.00. The number of rotatable bonds is 3. The maximum Gasteiger partial charge on any atom is 0.0286 e. The Bertz CT molecular complexity index is 148. The maximum absolute atomic E-state index is 5.77. The number of hydrogen-bond acceptors (Lipinski definition) is 2. The largest absolute Gasteiger partial charge is 0.329 e. The van der Waals surface area contributed by atoms with Crippen molar-refractivity contribution in [3.8, 4) is 0 Å². The van der Waals surface area contributed by atoms with Gasteiger partial charge in [0.25, 0.3) is 0 Å². The molecule has 2 saturated carbocycles. The van der Waals surface area contributed by atoms with E-state index in [9.17, 15) is 0 Å². The summed E-state index contributed by atoms with van der Waals surface area (Å²) < 4.78 is 0.544. The van der Waals surface area contributed by atoms with E-state index < -0.39 is 0 Å². The molecule has 70 valence electrons. The molecule has 2 aliphatic carbocycles. The van der Waals surface area contributed by atoms with Crippen molar-refractivity contribution in [2.24, 2.45) is 5.73 Å². The lowest BCUT2D eigenvalue weighted by Crippen LogP contribution is -2.22. The highest BCUT2D eigenvalue weighted by Gasteiger charge is 2.43. The third kappa shape index (κ3) is 1.97. The topological polar surface area (TPSA) is 26.0 Å². The Hall–Kier alpha value is 0.310. The zero-order valence-electron chi connectivity index (χ0n) is 7.72. The maximum atomic E-state index is 5.77. The lowest BCUT2D eigenvalue weighted by atomic mass is 10.0. The van der Waals surface area contributed by atoms with Gasteiger partial charge in [-0.3, -0.25) is 0 Å². The summed E-state index contributed by atoms with van der Waals surface area (Å²) in [5.74, 6) is 0. The highest BCUT2D eigenvalue weighted by Crippen LogP contribution is 2.51. The van der Waals surface area contributed by atoms with Crippen LogP contribution in [0.25, 0.3) is 0 Å². The van der Waals surface area contributed by atoms with E-state index in [2.05, 4.69) is 11.8 Å². The third-order valence-electron chi connectivity index (χ3n) is 3.15. The molecule has 0 amide bonds. The van der Waals surface area contributed by atoms with Crippen LogP contribution in [0, 0.1) is 0 Å². The summed E-state index contributed by atoms with van der Waals surface area (Å²) >= 11 is 2.21. The van der Waals surface area contributed by atoms with Crippen molar-refractivity contribution in [2.75, 3.05) is 6.54 Å². The summed E-state index contributed by atoms with van der Waals surface area (Å²) in [4.78, 5) is 0. The van der Waals surface area contributed by atoms with Crippen molar-refractivity contribution in [2.45, 2.75) is 54.9 Å². The van der Waals surface area contributed by atoms with Crippen LogP contribution in [0.4, 0.5) is 0 Å². The van der Waals surface area contributed by atoms with E-state index in [1.54, 1.807) is 0 Å². The second-order valence-electron chi connectivity index (χ2n) is 4.27. The Morgan fingerprint density at radius 2 is 1.83 bits per heavy atom. The molecule has 0 aromatic rings. The van der Waals surface area contributed by atoms with Crippen LogP contribution < -0.4 is 5.73 Å². The molecule has 0 aromatic carbocycles. The van der Waals surface area contributed by atoms with E-state index in [1.165, 1.54) is 44.9 Å². The normalized spacial score (nSPS) is 28.8. The zero-order valence-corrected chi connectivity index (χ0v) is 8.54. The molecule has 0 saturated heterocycles. The molecule has 0 unspecified atom stereocenters. The van der Waals surface area contributed by atoms with Crippen molar-refractivity contribution in [3.05, 3.63) is 0 Å². The van der Waals surface area contributed by atoms with Gasteiger partial charge in [-0.2, -0.15) is 11.8 Å². The summed E-state index contributed by atoms with van der Waals surface area (Å²) in [5, 5.41) is 0.949. The van der Waals surface area contributed by atoms with E-state index in [-0.39, 0.29) is 0 Å². The van der Waals surface area contributed by atoms with Crippen LogP contribution in [-0.4, -0.2) is 16.5 Å². The molecule has 2 fully saturated rings. The lowest BCUT2D eigenvalue weighted by molar-refractivity contribution is 0.514. The number of nitrogens with two attached hydrogens (primary N) is 1. The van der Waals surface area contributed by atoms with Gasteiger partial charge in [-0.1, -0.05) is 19.3 Å². The van der Waals surface area contributed by atoms with Crippen LogP contribution in [0.3, 0.4) is 0 Å². The van der Waals surface area contributed by atoms with E-state index in [1.807, 2.05) is 0 Å². The van der Waals surface area contributed by atoms with Gasteiger partial charge in [-0.05, 0) is 25.7 Å². The van der Waals surface area contributed by atoms with Crippen molar-refractivity contribution >= 4 is 11.8 Å². The molecule has 0 atom stereocenters. The van der Waals surface area contributed by atoms with Gasteiger partial charge in [0.2, 0.25) is 0 Å². The summed E-state index contributed by atoms with van der Waals surface area (Å²) in [6.07, 6.45) is 10.0. The van der Waals surface area contributed by atoms with Gasteiger partial charge in [0.15, 0.2) is 0 Å². The molecule has 0 bridgehead atoms. The standard InChI is InChI=1S/C10H19NS/c11-8-10(6-7-10)12-9-4-2-1-3-5-9/h9H,1-8,11H2. The minimum atomic E-state index is 0.544. The first-order valence-electron chi connectivity index (χ1n) is 5.23. The minimum Gasteiger partial charge on any atom is -0.329 e. The molecule has 0 aromatic heterocycles. The first kappa shape index (κ1) is 8.89. The van der Waals surface area contributed by atoms with E-state index in [0.29, 0.717) is 4.75 Å². The van der Waals surface area contributed by atoms with Gasteiger partial charge >= 0.3 is 0 Å². The van der Waals surface area contributed by atoms with Crippen LogP contribution >= 0.6 is 11.8 Å². The van der Waals surface area contributed by atoms with Gasteiger partial charge in [-0.15, -0.1) is 0 Å². The quantitative estimate of drug-likeness (QED) is 0.731. The molecule has 0 radical (unpaired) electrons. The fourth-order valence-corrected chi connectivity index (χ4v) is 3.76. The second-order valence-corrected chi connectivity index (χ2v) is 6.03.